The van der Waals surface area contributed by atoms with Crippen LogP contribution in [0.5, 0.6) is 11.5 Å². The third kappa shape index (κ3) is 15.4. The predicted molar refractivity (Wildman–Crippen MR) is 342 cm³/mol. The molecule has 9 aliphatic rings. The zero-order valence-corrected chi connectivity index (χ0v) is 54.8. The van der Waals surface area contributed by atoms with Crippen molar-refractivity contribution in [1.29, 1.82) is 0 Å². The van der Waals surface area contributed by atoms with Gasteiger partial charge in [0.05, 0.1) is 35.9 Å². The van der Waals surface area contributed by atoms with Crippen molar-refractivity contribution in [2.75, 3.05) is 89.4 Å². The first-order valence-corrected chi connectivity index (χ1v) is 34.1. The molecule has 6 aromatic rings. The van der Waals surface area contributed by atoms with Crippen LogP contribution >= 0.6 is 0 Å². The minimum Gasteiger partial charge on any atom is -0.431 e. The summed E-state index contributed by atoms with van der Waals surface area (Å²) in [5.74, 6) is 2.50. The third-order valence-electron chi connectivity index (χ3n) is 21.6. The lowest BCUT2D eigenvalue weighted by atomic mass is 10.0. The molecule has 0 spiro atoms. The normalized spacial score (nSPS) is 28.7. The largest absolute Gasteiger partial charge is 0.431 e. The van der Waals surface area contributed by atoms with E-state index in [2.05, 4.69) is 80.5 Å². The van der Waals surface area contributed by atoms with Crippen LogP contribution in [0.2, 0.25) is 0 Å². The molecule has 6 aliphatic carbocycles. The van der Waals surface area contributed by atoms with Gasteiger partial charge in [-0.25, -0.2) is 32.5 Å². The van der Waals surface area contributed by atoms with Crippen LogP contribution in [-0.4, -0.2) is 181 Å². The molecule has 31 heteroatoms. The average Bonchev–Trinajstić information content (AvgIpc) is 1.57. The van der Waals surface area contributed by atoms with E-state index < -0.39 is 56.7 Å². The number of hydrogen-bond acceptors (Lipinski definition) is 17. The minimum atomic E-state index is -4.54. The number of halogens is 11. The van der Waals surface area contributed by atoms with Crippen LogP contribution in [0.1, 0.15) is 119 Å². The standard InChI is InChI=1S/C23H31F3N6.2C22H27F4N5O2/c1-12(2)32-20(9-19(30-32)14-6-18(23(24,25)26)22(27)29-10-14)21-16-7-15(8-17(16)21)31-5-4-28-13(3)11-31;2*23-19(24)11-31-17(9-16(29-31)12-6-18(33-22(25)26)21(27)28-10-12)20-14-7-13(8-15(14)20)30-2-1-4-32-5-3-30/h6,9-10,12-13,15-17,21,28H,4-5,7-8,11H2,1-3H3,(H2,27,29);2*6,9-10,13-15,19-20,22H,1-5,7-8,11H2,(H2,27,28)/t13-,15?,16-,17+,21?;2*13?,14-,15+,20?/m0../s1. The van der Waals surface area contributed by atoms with E-state index >= 15 is 0 Å². The van der Waals surface area contributed by atoms with Gasteiger partial charge in [0.2, 0.25) is 0 Å². The lowest BCUT2D eigenvalue weighted by molar-refractivity contribution is -0.137. The van der Waals surface area contributed by atoms with Gasteiger partial charge in [-0.3, -0.25) is 28.7 Å². The molecule has 13 atom stereocenters. The van der Waals surface area contributed by atoms with E-state index in [1.807, 2.05) is 10.7 Å². The van der Waals surface area contributed by atoms with Crippen LogP contribution in [0.3, 0.4) is 0 Å². The predicted octanol–water partition coefficient (Wildman–Crippen LogP) is 11.1. The van der Waals surface area contributed by atoms with Crippen LogP contribution < -0.4 is 32.0 Å². The van der Waals surface area contributed by atoms with Gasteiger partial charge in [0, 0.05) is 159 Å². The molecule has 6 saturated carbocycles. The molecule has 0 aromatic carbocycles. The molecule has 98 heavy (non-hydrogen) atoms. The van der Waals surface area contributed by atoms with Crippen LogP contribution in [-0.2, 0) is 28.7 Å². The first-order valence-electron chi connectivity index (χ1n) is 34.1. The van der Waals surface area contributed by atoms with Crippen molar-refractivity contribution in [2.24, 2.45) is 35.5 Å². The molecule has 6 unspecified atom stereocenters. The van der Waals surface area contributed by atoms with Crippen LogP contribution in [0.15, 0.2) is 55.0 Å². The molecule has 3 aliphatic heterocycles. The van der Waals surface area contributed by atoms with Crippen molar-refractivity contribution in [3.05, 3.63) is 77.6 Å². The van der Waals surface area contributed by atoms with Crippen LogP contribution in [0.4, 0.5) is 65.7 Å². The molecular formula is C67H85F11N16O4. The number of nitrogens with two attached hydrogens (primary N) is 3. The molecule has 15 rings (SSSR count). The quantitative estimate of drug-likeness (QED) is 0.0586. The number of rotatable bonds is 18. The van der Waals surface area contributed by atoms with Gasteiger partial charge in [0.1, 0.15) is 18.9 Å². The van der Waals surface area contributed by atoms with Gasteiger partial charge in [-0.1, -0.05) is 0 Å². The van der Waals surface area contributed by atoms with Gasteiger partial charge in [-0.05, 0) is 144 Å². The maximum Gasteiger partial charge on any atom is 0.419 e. The van der Waals surface area contributed by atoms with Crippen molar-refractivity contribution in [3.63, 3.8) is 0 Å². The number of nitrogens with zero attached hydrogens (tertiary/aromatic N) is 12. The highest BCUT2D eigenvalue weighted by atomic mass is 19.4. The second-order valence-corrected chi connectivity index (χ2v) is 28.0. The highest BCUT2D eigenvalue weighted by Gasteiger charge is 2.61. The number of ether oxygens (including phenoxy) is 4. The first kappa shape index (κ1) is 69.5. The molecule has 9 fully saturated rings. The van der Waals surface area contributed by atoms with E-state index in [1.54, 1.807) is 12.1 Å². The lowest BCUT2D eigenvalue weighted by Gasteiger charge is -2.37. The van der Waals surface area contributed by atoms with Crippen molar-refractivity contribution in [2.45, 2.75) is 165 Å². The number of piperazine rings is 1. The number of nitrogens with one attached hydrogen (secondary N) is 1. The van der Waals surface area contributed by atoms with Gasteiger partial charge in [0.15, 0.2) is 23.1 Å². The van der Waals surface area contributed by atoms with E-state index in [9.17, 15) is 48.3 Å². The molecule has 6 aromatic heterocycles. The Morgan fingerprint density at radius 1 is 0.520 bits per heavy atom. The molecule has 20 nitrogen and oxygen atoms in total. The monoisotopic (exact) mass is 1390 g/mol. The van der Waals surface area contributed by atoms with Gasteiger partial charge >= 0.3 is 19.4 Å². The topological polar surface area (TPSA) is 229 Å². The van der Waals surface area contributed by atoms with E-state index in [1.165, 1.54) is 52.9 Å². The van der Waals surface area contributed by atoms with Crippen molar-refractivity contribution in [1.82, 2.24) is 64.3 Å². The summed E-state index contributed by atoms with van der Waals surface area (Å²) >= 11 is 0. The summed E-state index contributed by atoms with van der Waals surface area (Å²) in [6.45, 7) is 9.58. The molecule has 3 saturated heterocycles. The Morgan fingerprint density at radius 3 is 1.35 bits per heavy atom. The fraction of sp³-hybridized carbons (Fsp3) is 0.642. The van der Waals surface area contributed by atoms with Gasteiger partial charge in [-0.2, -0.15) is 46.0 Å². The van der Waals surface area contributed by atoms with Gasteiger partial charge < -0.3 is 41.5 Å². The van der Waals surface area contributed by atoms with Crippen molar-refractivity contribution in [3.8, 4) is 45.3 Å². The molecule has 7 N–H and O–H groups in total. The Hall–Kier alpha value is -6.93. The van der Waals surface area contributed by atoms with Crippen molar-refractivity contribution >= 4 is 17.5 Å². The summed E-state index contributed by atoms with van der Waals surface area (Å²) in [6, 6.07) is 11.6. The molecule has 0 amide bonds. The number of aromatic nitrogens is 9. The Labute approximate surface area is 560 Å². The second-order valence-electron chi connectivity index (χ2n) is 28.0. The molecule has 0 bridgehead atoms. The fourth-order valence-electron chi connectivity index (χ4n) is 17.1. The Kier molecular flexibility index (Phi) is 20.6. The maximum absolute atomic E-state index is 13.3. The maximum atomic E-state index is 13.3. The van der Waals surface area contributed by atoms with Gasteiger partial charge in [-0.15, -0.1) is 0 Å². The smallest absolute Gasteiger partial charge is 0.419 e. The summed E-state index contributed by atoms with van der Waals surface area (Å²) in [6.07, 6.45) is 3.14. The highest BCUT2D eigenvalue weighted by molar-refractivity contribution is 5.66. The second kappa shape index (κ2) is 29.0. The Morgan fingerprint density at radius 2 is 0.929 bits per heavy atom. The fourth-order valence-corrected chi connectivity index (χ4v) is 17.1. The number of nitrogen functional groups attached to an aromatic ring is 3. The molecular weight excluding hydrogens is 1300 g/mol. The van der Waals surface area contributed by atoms with Crippen LogP contribution in [0.25, 0.3) is 33.8 Å². The summed E-state index contributed by atoms with van der Waals surface area (Å²) in [4.78, 5) is 19.2. The number of anilines is 3. The minimum absolute atomic E-state index is 0.133. The third-order valence-corrected chi connectivity index (χ3v) is 21.6. The molecule has 534 valence electrons. The van der Waals surface area contributed by atoms with E-state index in [-0.39, 0.29) is 41.0 Å². The summed E-state index contributed by atoms with van der Waals surface area (Å²) in [5.41, 5.74) is 20.9. The van der Waals surface area contributed by atoms with E-state index in [0.29, 0.717) is 99.4 Å². The number of fused-ring (bicyclic) bond motifs is 3. The van der Waals surface area contributed by atoms with Crippen LogP contribution in [0, 0.1) is 35.5 Å². The summed E-state index contributed by atoms with van der Waals surface area (Å²) in [5, 5.41) is 16.9. The Bertz CT molecular complexity index is 3520. The SMILES string of the molecule is CC(C)n1nc(-c2cnc(N)c(C(F)(F)F)c2)cc1C1[C@H]2CC(N3CCN[C@@H](C)C3)C[C@@H]12.Nc1ncc(-c2cc(C3[C@H]4CC(N5CCCOCC5)C[C@@H]34)n(CC(F)F)n2)cc1OC(F)F.Nc1ncc(-c2cc(C3[C@H]4CC(N5CCCOCC5)C[C@@H]34)n(CC(F)F)n2)cc1OC(F)F. The number of alkyl halides is 11. The summed E-state index contributed by atoms with van der Waals surface area (Å²) < 4.78 is 168. The molecule has 9 heterocycles. The number of pyridine rings is 3. The number of hydrogen-bond donors (Lipinski definition) is 4. The Balaban J connectivity index is 0.000000132. The van der Waals surface area contributed by atoms with E-state index in [0.717, 1.165) is 134 Å². The molecule has 0 radical (unpaired) electrons. The van der Waals surface area contributed by atoms with Gasteiger partial charge in [0.25, 0.3) is 12.9 Å². The first-order chi connectivity index (χ1) is 46.9. The van der Waals surface area contributed by atoms with E-state index in [4.69, 9.17) is 26.7 Å². The average molecular weight is 1390 g/mol. The summed E-state index contributed by atoms with van der Waals surface area (Å²) in [7, 11) is 0. The lowest BCUT2D eigenvalue weighted by Crippen LogP contribution is -2.52. The van der Waals surface area contributed by atoms with Crippen molar-refractivity contribution < 1.29 is 67.2 Å². The zero-order chi connectivity index (χ0) is 69.0. The highest BCUT2D eigenvalue weighted by Crippen LogP contribution is 2.66. The zero-order valence-electron chi connectivity index (χ0n) is 54.8.